The lowest BCUT2D eigenvalue weighted by Crippen LogP contribution is -2.46. The van der Waals surface area contributed by atoms with E-state index in [4.69, 9.17) is 4.74 Å². The fourth-order valence-corrected chi connectivity index (χ4v) is 5.34. The van der Waals surface area contributed by atoms with Crippen molar-refractivity contribution in [1.29, 1.82) is 0 Å². The monoisotopic (exact) mass is 570 g/mol. The molecule has 10 heteroatoms. The van der Waals surface area contributed by atoms with E-state index in [1.165, 1.54) is 24.3 Å². The number of aromatic amines is 2. The molecule has 2 N–H and O–H groups in total. The Bertz CT molecular complexity index is 1780. The zero-order valence-corrected chi connectivity index (χ0v) is 23.7. The summed E-state index contributed by atoms with van der Waals surface area (Å²) in [4.78, 5) is 41.0. The van der Waals surface area contributed by atoms with Crippen LogP contribution in [0.25, 0.3) is 12.2 Å². The van der Waals surface area contributed by atoms with Crippen LogP contribution in [-0.2, 0) is 6.54 Å². The molecular weight excluding hydrogens is 535 g/mol. The number of H-pyrrole nitrogens is 2. The highest BCUT2D eigenvalue weighted by atomic mass is 19.1. The predicted molar refractivity (Wildman–Crippen MR) is 160 cm³/mol. The van der Waals surface area contributed by atoms with Crippen LogP contribution in [0.15, 0.2) is 64.4 Å². The Morgan fingerprint density at radius 3 is 2.36 bits per heavy atom. The Labute approximate surface area is 242 Å². The minimum atomic E-state index is -0.412. The van der Waals surface area contributed by atoms with E-state index < -0.39 is 11.1 Å². The van der Waals surface area contributed by atoms with Gasteiger partial charge in [0.25, 0.3) is 11.1 Å². The van der Waals surface area contributed by atoms with Crippen molar-refractivity contribution in [3.05, 3.63) is 109 Å². The number of benzene rings is 2. The summed E-state index contributed by atoms with van der Waals surface area (Å²) < 4.78 is 21.2. The van der Waals surface area contributed by atoms with Crippen LogP contribution in [0.2, 0.25) is 0 Å². The van der Waals surface area contributed by atoms with Gasteiger partial charge in [-0.2, -0.15) is 0 Å². The Kier molecular flexibility index (Phi) is 8.16. The number of imidazole rings is 1. The molecule has 0 amide bonds. The topological polar surface area (TPSA) is 99.2 Å². The van der Waals surface area contributed by atoms with Crippen LogP contribution >= 0.6 is 0 Å². The number of halogens is 1. The van der Waals surface area contributed by atoms with Gasteiger partial charge in [0, 0.05) is 44.3 Å². The predicted octanol–water partition coefficient (Wildman–Crippen LogP) is 2.36. The highest BCUT2D eigenvalue weighted by molar-refractivity contribution is 5.52. The first-order chi connectivity index (χ1) is 20.4. The molecule has 0 atom stereocenters. The van der Waals surface area contributed by atoms with E-state index in [0.29, 0.717) is 23.0 Å². The first-order valence-corrected chi connectivity index (χ1v) is 14.5. The summed E-state index contributed by atoms with van der Waals surface area (Å²) in [6, 6.07) is 12.8. The number of hydrogen-bond acceptors (Lipinski definition) is 6. The van der Waals surface area contributed by atoms with Gasteiger partial charge in [0.1, 0.15) is 28.0 Å². The third-order valence-corrected chi connectivity index (χ3v) is 7.83. The second-order valence-corrected chi connectivity index (χ2v) is 11.1. The zero-order chi connectivity index (χ0) is 29.1. The lowest BCUT2D eigenvalue weighted by atomic mass is 10.2. The number of aromatic nitrogens is 4. The van der Waals surface area contributed by atoms with Crippen LogP contribution in [0.4, 0.5) is 4.39 Å². The van der Waals surface area contributed by atoms with Crippen molar-refractivity contribution in [3.8, 4) is 11.5 Å². The van der Waals surface area contributed by atoms with E-state index in [0.717, 1.165) is 69.9 Å². The molecule has 0 radical (unpaired) electrons. The van der Waals surface area contributed by atoms with Gasteiger partial charge in [-0.1, -0.05) is 12.1 Å². The van der Waals surface area contributed by atoms with Crippen molar-refractivity contribution < 1.29 is 9.13 Å². The molecule has 0 spiro atoms. The molecule has 6 rings (SSSR count). The van der Waals surface area contributed by atoms with E-state index in [9.17, 15) is 14.0 Å². The summed E-state index contributed by atoms with van der Waals surface area (Å²) >= 11 is 0. The molecule has 2 aromatic carbocycles. The van der Waals surface area contributed by atoms with Crippen LogP contribution in [0.1, 0.15) is 42.1 Å². The fraction of sp³-hybridized carbons (Fsp3) is 0.344. The van der Waals surface area contributed by atoms with Gasteiger partial charge in [0.05, 0.1) is 12.0 Å². The van der Waals surface area contributed by atoms with Gasteiger partial charge < -0.3 is 29.1 Å². The van der Waals surface area contributed by atoms with Gasteiger partial charge in [-0.15, -0.1) is 0 Å². The zero-order valence-electron chi connectivity index (χ0n) is 23.7. The Morgan fingerprint density at radius 1 is 0.929 bits per heavy atom. The molecule has 2 aromatic heterocycles. The molecule has 1 saturated carbocycles. The van der Waals surface area contributed by atoms with Crippen molar-refractivity contribution >= 4 is 12.2 Å². The van der Waals surface area contributed by atoms with E-state index in [2.05, 4.69) is 36.4 Å². The Morgan fingerprint density at radius 2 is 1.64 bits per heavy atom. The van der Waals surface area contributed by atoms with Gasteiger partial charge >= 0.3 is 0 Å². The van der Waals surface area contributed by atoms with Gasteiger partial charge in [-0.3, -0.25) is 9.59 Å². The van der Waals surface area contributed by atoms with Gasteiger partial charge in [-0.25, -0.2) is 9.37 Å². The second-order valence-electron chi connectivity index (χ2n) is 11.1. The first-order valence-electron chi connectivity index (χ1n) is 14.5. The molecule has 2 fully saturated rings. The number of rotatable bonds is 9. The van der Waals surface area contributed by atoms with E-state index in [1.807, 2.05) is 6.33 Å². The highest BCUT2D eigenvalue weighted by Crippen LogP contribution is 2.41. The molecule has 4 aromatic rings. The van der Waals surface area contributed by atoms with Crippen LogP contribution in [0, 0.1) is 5.82 Å². The maximum absolute atomic E-state index is 13.2. The van der Waals surface area contributed by atoms with Crippen molar-refractivity contribution in [1.82, 2.24) is 29.3 Å². The number of nitrogens with one attached hydrogen (secondary N) is 2. The van der Waals surface area contributed by atoms with E-state index >= 15 is 0 Å². The van der Waals surface area contributed by atoms with Gasteiger partial charge in [0.15, 0.2) is 0 Å². The highest BCUT2D eigenvalue weighted by Gasteiger charge is 2.29. The molecule has 218 valence electrons. The van der Waals surface area contributed by atoms with Crippen molar-refractivity contribution in [2.24, 2.45) is 0 Å². The lowest BCUT2D eigenvalue weighted by Gasteiger charge is -2.32. The second kappa shape index (κ2) is 12.3. The quantitative estimate of drug-likeness (QED) is 0.321. The fourth-order valence-electron chi connectivity index (χ4n) is 5.34. The van der Waals surface area contributed by atoms with Gasteiger partial charge in [0.2, 0.25) is 0 Å². The number of piperazine rings is 1. The van der Waals surface area contributed by atoms with Crippen LogP contribution < -0.4 is 26.6 Å². The molecule has 1 aliphatic heterocycles. The molecule has 3 heterocycles. The maximum Gasteiger partial charge on any atom is 0.272 e. The Balaban J connectivity index is 1.21. The van der Waals surface area contributed by atoms with Crippen molar-refractivity contribution in [2.45, 2.75) is 31.7 Å². The lowest BCUT2D eigenvalue weighted by molar-refractivity contribution is 0.151. The van der Waals surface area contributed by atoms with Gasteiger partial charge in [-0.05, 0) is 87.0 Å². The van der Waals surface area contributed by atoms with Crippen LogP contribution in [0.3, 0.4) is 0 Å². The number of likely N-dealkylation sites (N-methyl/N-ethyl adjacent to an activating group) is 1. The number of aryl methyl sites for hydroxylation is 1. The average molecular weight is 571 g/mol. The number of ether oxygens (including phenoxy) is 1. The molecule has 1 aliphatic carbocycles. The summed E-state index contributed by atoms with van der Waals surface area (Å²) in [7, 11) is 2.17. The third-order valence-electron chi connectivity index (χ3n) is 7.83. The van der Waals surface area contributed by atoms with Crippen molar-refractivity contribution in [2.75, 3.05) is 39.8 Å². The third kappa shape index (κ3) is 6.78. The molecular formula is C32H35FN6O3. The van der Waals surface area contributed by atoms with Crippen LogP contribution in [0.5, 0.6) is 11.5 Å². The standard InChI is InChI=1S/C32H35FN6O3/c1-37-14-16-38(17-15-37)12-3-13-39-21-34-27(30(39)23-6-7-23)20-29-32(41)35-28(31(40)36-29)19-22-4-2-5-26(18-22)42-25-10-8-24(33)9-11-25/h2,4-5,8-11,18-21,23H,3,6-7,12-17H2,1H3,(H,35,41)(H,36,40)/b28-19-,29-20-. The summed E-state index contributed by atoms with van der Waals surface area (Å²) in [5.74, 6) is 1.10. The minimum absolute atomic E-state index is 0.132. The molecule has 9 nitrogen and oxygen atoms in total. The summed E-state index contributed by atoms with van der Waals surface area (Å²) in [5, 5.41) is 0.308. The molecule has 0 unspecified atom stereocenters. The van der Waals surface area contributed by atoms with E-state index in [1.54, 1.807) is 36.4 Å². The van der Waals surface area contributed by atoms with Crippen LogP contribution in [-0.4, -0.2) is 69.1 Å². The summed E-state index contributed by atoms with van der Waals surface area (Å²) in [6.07, 6.45) is 8.39. The van der Waals surface area contributed by atoms with Crippen molar-refractivity contribution in [3.63, 3.8) is 0 Å². The minimum Gasteiger partial charge on any atom is -0.457 e. The molecule has 1 saturated heterocycles. The SMILES string of the molecule is CN1CCN(CCCn2cnc(/C=c3\[nH]c(=O)/c(=C/c4cccc(Oc5ccc(F)cc5)c4)[nH]c3=O)c2C2CC2)CC1. The number of hydrogen-bond donors (Lipinski definition) is 2. The largest absolute Gasteiger partial charge is 0.457 e. The van der Waals surface area contributed by atoms with E-state index in [-0.39, 0.29) is 16.5 Å². The summed E-state index contributed by atoms with van der Waals surface area (Å²) in [5.41, 5.74) is 1.73. The summed E-state index contributed by atoms with van der Waals surface area (Å²) in [6.45, 7) is 6.37. The maximum atomic E-state index is 13.2. The Hall–Kier alpha value is -4.28. The average Bonchev–Trinajstić information content (AvgIpc) is 3.74. The normalized spacial score (nSPS) is 17.2. The smallest absolute Gasteiger partial charge is 0.272 e. The first kappa shape index (κ1) is 27.9. The molecule has 0 bridgehead atoms. The molecule has 42 heavy (non-hydrogen) atoms. The number of nitrogens with zero attached hydrogens (tertiary/aromatic N) is 4. The molecule has 2 aliphatic rings.